The van der Waals surface area contributed by atoms with Crippen LogP contribution in [0, 0.1) is 0 Å². The third kappa shape index (κ3) is 5.51. The fourth-order valence-electron chi connectivity index (χ4n) is 4.96. The Hall–Kier alpha value is -4.37. The number of hydrogen-bond donors (Lipinski definition) is 1. The van der Waals surface area contributed by atoms with Crippen molar-refractivity contribution in [3.05, 3.63) is 107 Å². The summed E-state index contributed by atoms with van der Waals surface area (Å²) in [6.07, 6.45) is -4.60. The second-order valence-corrected chi connectivity index (χ2v) is 9.43. The Morgan fingerprint density at radius 3 is 2.17 bits per heavy atom. The molecule has 1 heterocycles. The number of anilines is 2. The number of halogens is 4. The van der Waals surface area contributed by atoms with Gasteiger partial charge in [0, 0.05) is 11.6 Å². The van der Waals surface area contributed by atoms with Crippen LogP contribution < -0.4 is 19.1 Å². The zero-order valence-corrected chi connectivity index (χ0v) is 21.8. The summed E-state index contributed by atoms with van der Waals surface area (Å²) in [5.74, 6) is -0.990. The number of benzene rings is 4. The van der Waals surface area contributed by atoms with Crippen LogP contribution in [0.5, 0.6) is 23.0 Å². The molecule has 0 amide bonds. The topological polar surface area (TPSA) is 68.2 Å². The van der Waals surface area contributed by atoms with Gasteiger partial charge in [-0.05, 0) is 60.0 Å². The molecule has 206 valence electrons. The Balaban J connectivity index is 1.54. The van der Waals surface area contributed by atoms with Crippen molar-refractivity contribution in [1.82, 2.24) is 0 Å². The summed E-state index contributed by atoms with van der Waals surface area (Å²) in [6.45, 7) is 0. The Kier molecular flexibility index (Phi) is 7.49. The highest BCUT2D eigenvalue weighted by atomic mass is 35.5. The standard InChI is InChI=1S/C30H23ClF3NO5/c1-38-25-11-6-12-26(27(25)31)39-20-15-13-18(14-16-20)21-17-19-7-2-3-8-22(19)35(28(21)29(36)37)23-9-4-5-10-24(23)40-30(32,33)34/h2-16,21,28H,17H2,1H3,(H,36,37)/t21?,28-/m1/s1. The number of nitrogens with zero attached hydrogens (tertiary/aromatic N) is 1. The monoisotopic (exact) mass is 569 g/mol. The molecule has 4 aromatic rings. The van der Waals surface area contributed by atoms with Gasteiger partial charge < -0.3 is 24.2 Å². The molecule has 10 heteroatoms. The molecule has 1 unspecified atom stereocenters. The van der Waals surface area contributed by atoms with E-state index >= 15 is 0 Å². The molecule has 1 N–H and O–H groups in total. The van der Waals surface area contributed by atoms with Crippen LogP contribution in [-0.2, 0) is 11.2 Å². The van der Waals surface area contributed by atoms with E-state index in [1.165, 1.54) is 30.2 Å². The van der Waals surface area contributed by atoms with Crippen LogP contribution >= 0.6 is 11.6 Å². The number of rotatable bonds is 7. The van der Waals surface area contributed by atoms with Crippen LogP contribution in [0.15, 0.2) is 91.0 Å². The van der Waals surface area contributed by atoms with Crippen LogP contribution in [0.2, 0.25) is 5.02 Å². The minimum absolute atomic E-state index is 0.00278. The van der Waals surface area contributed by atoms with E-state index in [0.29, 0.717) is 39.9 Å². The highest BCUT2D eigenvalue weighted by Crippen LogP contribution is 2.47. The van der Waals surface area contributed by atoms with Crippen molar-refractivity contribution in [2.24, 2.45) is 0 Å². The number of aliphatic carboxylic acids is 1. The summed E-state index contributed by atoms with van der Waals surface area (Å²) in [5.41, 5.74) is 1.95. The Morgan fingerprint density at radius 2 is 1.50 bits per heavy atom. The second-order valence-electron chi connectivity index (χ2n) is 9.05. The van der Waals surface area contributed by atoms with Gasteiger partial charge in [0.1, 0.15) is 28.3 Å². The van der Waals surface area contributed by atoms with Crippen molar-refractivity contribution in [1.29, 1.82) is 0 Å². The first-order valence-corrected chi connectivity index (χ1v) is 12.6. The van der Waals surface area contributed by atoms with E-state index < -0.39 is 30.0 Å². The first kappa shape index (κ1) is 27.2. The first-order valence-electron chi connectivity index (χ1n) is 12.2. The maximum Gasteiger partial charge on any atom is 0.573 e. The highest BCUT2D eigenvalue weighted by molar-refractivity contribution is 6.33. The number of carboxylic acids is 1. The molecule has 0 saturated heterocycles. The van der Waals surface area contributed by atoms with E-state index in [-0.39, 0.29) is 5.69 Å². The van der Waals surface area contributed by atoms with Crippen molar-refractivity contribution < 1.29 is 37.3 Å². The zero-order valence-electron chi connectivity index (χ0n) is 21.1. The van der Waals surface area contributed by atoms with Gasteiger partial charge in [-0.25, -0.2) is 4.79 Å². The molecular weight excluding hydrogens is 547 g/mol. The lowest BCUT2D eigenvalue weighted by atomic mass is 9.80. The zero-order chi connectivity index (χ0) is 28.4. The number of carbonyl (C=O) groups is 1. The summed E-state index contributed by atoms with van der Waals surface area (Å²) < 4.78 is 55.2. The van der Waals surface area contributed by atoms with Crippen LogP contribution in [0.3, 0.4) is 0 Å². The predicted molar refractivity (Wildman–Crippen MR) is 144 cm³/mol. The van der Waals surface area contributed by atoms with Gasteiger partial charge in [0.2, 0.25) is 0 Å². The van der Waals surface area contributed by atoms with Crippen molar-refractivity contribution in [2.45, 2.75) is 24.7 Å². The van der Waals surface area contributed by atoms with Crippen molar-refractivity contribution in [3.63, 3.8) is 0 Å². The maximum absolute atomic E-state index is 13.3. The van der Waals surface area contributed by atoms with Gasteiger partial charge in [-0.3, -0.25) is 0 Å². The number of fused-ring (bicyclic) bond motifs is 1. The number of para-hydroxylation sites is 3. The molecule has 0 bridgehead atoms. The number of carboxylic acid groups (broad SMARTS) is 1. The molecular formula is C30H23ClF3NO5. The molecule has 1 aliphatic heterocycles. The number of alkyl halides is 3. The van der Waals surface area contributed by atoms with E-state index in [0.717, 1.165) is 5.56 Å². The molecule has 1 aliphatic rings. The number of hydrogen-bond acceptors (Lipinski definition) is 5. The van der Waals surface area contributed by atoms with Gasteiger partial charge in [-0.2, -0.15) is 0 Å². The lowest BCUT2D eigenvalue weighted by molar-refractivity contribution is -0.274. The Labute approximate surface area is 233 Å². The normalized spacial score (nSPS) is 16.7. The minimum Gasteiger partial charge on any atom is -0.495 e. The minimum atomic E-state index is -4.95. The number of ether oxygens (including phenoxy) is 3. The SMILES string of the molecule is COc1cccc(Oc2ccc(C3Cc4ccccc4N(c4ccccc4OC(F)(F)F)[C@H]3C(=O)O)cc2)c1Cl. The van der Waals surface area contributed by atoms with Gasteiger partial charge >= 0.3 is 12.3 Å². The molecule has 0 aromatic heterocycles. The van der Waals surface area contributed by atoms with E-state index in [2.05, 4.69) is 4.74 Å². The molecule has 0 radical (unpaired) electrons. The largest absolute Gasteiger partial charge is 0.573 e. The average molecular weight is 570 g/mol. The molecule has 0 aliphatic carbocycles. The van der Waals surface area contributed by atoms with Crippen molar-refractivity contribution in [2.75, 3.05) is 12.0 Å². The van der Waals surface area contributed by atoms with Gasteiger partial charge in [0.05, 0.1) is 12.8 Å². The van der Waals surface area contributed by atoms with Gasteiger partial charge in [0.15, 0.2) is 5.75 Å². The summed E-state index contributed by atoms with van der Waals surface area (Å²) in [7, 11) is 1.50. The third-order valence-electron chi connectivity index (χ3n) is 6.64. The van der Waals surface area contributed by atoms with Crippen molar-refractivity contribution >= 4 is 28.9 Å². The van der Waals surface area contributed by atoms with Crippen molar-refractivity contribution in [3.8, 4) is 23.0 Å². The van der Waals surface area contributed by atoms with Crippen LogP contribution in [-0.4, -0.2) is 30.6 Å². The summed E-state index contributed by atoms with van der Waals surface area (Å²) in [6, 6.07) is 23.4. The fraction of sp³-hybridized carbons (Fsp3) is 0.167. The molecule has 0 spiro atoms. The fourth-order valence-corrected chi connectivity index (χ4v) is 5.21. The smallest absolute Gasteiger partial charge is 0.495 e. The van der Waals surface area contributed by atoms with E-state index in [1.54, 1.807) is 60.7 Å². The molecule has 4 aromatic carbocycles. The summed E-state index contributed by atoms with van der Waals surface area (Å²) in [4.78, 5) is 14.2. The Morgan fingerprint density at radius 1 is 0.875 bits per heavy atom. The van der Waals surface area contributed by atoms with E-state index in [9.17, 15) is 23.1 Å². The highest BCUT2D eigenvalue weighted by Gasteiger charge is 2.42. The van der Waals surface area contributed by atoms with Gasteiger partial charge in [0.25, 0.3) is 0 Å². The molecule has 5 rings (SSSR count). The first-order chi connectivity index (χ1) is 19.2. The number of methoxy groups -OCH3 is 1. The van der Waals surface area contributed by atoms with E-state index in [4.69, 9.17) is 21.1 Å². The van der Waals surface area contributed by atoms with Crippen LogP contribution in [0.4, 0.5) is 24.5 Å². The van der Waals surface area contributed by atoms with Gasteiger partial charge in [-0.15, -0.1) is 13.2 Å². The molecule has 6 nitrogen and oxygen atoms in total. The van der Waals surface area contributed by atoms with Crippen LogP contribution in [0.1, 0.15) is 17.0 Å². The molecule has 40 heavy (non-hydrogen) atoms. The lowest BCUT2D eigenvalue weighted by Gasteiger charge is -2.42. The summed E-state index contributed by atoms with van der Waals surface area (Å²) in [5, 5.41) is 10.7. The van der Waals surface area contributed by atoms with Gasteiger partial charge in [-0.1, -0.05) is 60.1 Å². The Bertz CT molecular complexity index is 1530. The van der Waals surface area contributed by atoms with Crippen LogP contribution in [0.25, 0.3) is 0 Å². The lowest BCUT2D eigenvalue weighted by Crippen LogP contribution is -2.47. The predicted octanol–water partition coefficient (Wildman–Crippen LogP) is 7.97. The summed E-state index contributed by atoms with van der Waals surface area (Å²) >= 11 is 6.34. The van der Waals surface area contributed by atoms with E-state index in [1.807, 2.05) is 12.1 Å². The molecule has 2 atom stereocenters. The third-order valence-corrected chi connectivity index (χ3v) is 7.01. The second kappa shape index (κ2) is 11.0. The molecule has 0 fully saturated rings. The quantitative estimate of drug-likeness (QED) is 0.243. The maximum atomic E-state index is 13.3. The molecule has 0 saturated carbocycles. The average Bonchev–Trinajstić information content (AvgIpc) is 2.93.